The van der Waals surface area contributed by atoms with Gasteiger partial charge in [0, 0.05) is 16.3 Å². The van der Waals surface area contributed by atoms with Gasteiger partial charge >= 0.3 is 7.12 Å². The Morgan fingerprint density at radius 2 is 1.44 bits per heavy atom. The maximum Gasteiger partial charge on any atom is 0.494 e. The number of nitrogens with zero attached hydrogens (tertiary/aromatic N) is 2. The van der Waals surface area contributed by atoms with E-state index in [1.807, 2.05) is 6.07 Å². The number of hydrogen-bond acceptors (Lipinski definition) is 3. The largest absolute Gasteiger partial charge is 0.494 e. The maximum atomic E-state index is 6.31. The van der Waals surface area contributed by atoms with Gasteiger partial charge in [-0.3, -0.25) is 4.40 Å². The highest BCUT2D eigenvalue weighted by Crippen LogP contribution is 2.37. The van der Waals surface area contributed by atoms with E-state index >= 15 is 0 Å². The van der Waals surface area contributed by atoms with Crippen LogP contribution in [0.3, 0.4) is 0 Å². The average Bonchev–Trinajstić information content (AvgIpc) is 3.27. The molecule has 1 aliphatic rings. The first-order chi connectivity index (χ1) is 15.3. The molecule has 5 heteroatoms. The van der Waals surface area contributed by atoms with E-state index in [2.05, 4.69) is 105 Å². The highest BCUT2D eigenvalue weighted by molar-refractivity contribution is 6.62. The van der Waals surface area contributed by atoms with Crippen LogP contribution in [-0.2, 0) is 9.31 Å². The summed E-state index contributed by atoms with van der Waals surface area (Å²) in [5.74, 6) is 0.942. The molecular formula is C27H25BN2O2. The van der Waals surface area contributed by atoms with Crippen LogP contribution in [0.15, 0.2) is 78.9 Å². The summed E-state index contributed by atoms with van der Waals surface area (Å²) in [6, 6.07) is 27.4. The van der Waals surface area contributed by atoms with E-state index in [-0.39, 0.29) is 11.2 Å². The Morgan fingerprint density at radius 1 is 0.750 bits per heavy atom. The van der Waals surface area contributed by atoms with Crippen molar-refractivity contribution in [3.8, 4) is 11.4 Å². The van der Waals surface area contributed by atoms with Gasteiger partial charge < -0.3 is 9.31 Å². The van der Waals surface area contributed by atoms with Crippen molar-refractivity contribution >= 4 is 39.9 Å². The summed E-state index contributed by atoms with van der Waals surface area (Å²) in [6.45, 7) is 8.33. The third-order valence-corrected chi connectivity index (χ3v) is 7.00. The van der Waals surface area contributed by atoms with E-state index in [0.717, 1.165) is 38.8 Å². The molecule has 1 fully saturated rings. The molecule has 0 spiro atoms. The Labute approximate surface area is 187 Å². The van der Waals surface area contributed by atoms with Crippen molar-refractivity contribution < 1.29 is 9.31 Å². The lowest BCUT2D eigenvalue weighted by Gasteiger charge is -2.32. The second kappa shape index (κ2) is 6.68. The molecule has 32 heavy (non-hydrogen) atoms. The van der Waals surface area contributed by atoms with Crippen molar-refractivity contribution in [2.24, 2.45) is 0 Å². The highest BCUT2D eigenvalue weighted by atomic mass is 16.7. The molecule has 0 aliphatic carbocycles. The lowest BCUT2D eigenvalue weighted by molar-refractivity contribution is 0.00578. The quantitative estimate of drug-likeness (QED) is 0.349. The smallest absolute Gasteiger partial charge is 0.399 e. The lowest BCUT2D eigenvalue weighted by atomic mass is 9.78. The minimum atomic E-state index is -0.400. The van der Waals surface area contributed by atoms with Crippen molar-refractivity contribution in [1.82, 2.24) is 9.38 Å². The molecule has 0 N–H and O–H groups in total. The SMILES string of the molecule is CC1(C)OB(c2ccc3nc(-c4ccccc4)n4c5ccccc5cc4c3c2)OC1(C)C. The van der Waals surface area contributed by atoms with Gasteiger partial charge in [-0.25, -0.2) is 4.98 Å². The van der Waals surface area contributed by atoms with E-state index in [0.29, 0.717) is 0 Å². The van der Waals surface area contributed by atoms with E-state index in [4.69, 9.17) is 14.3 Å². The Hall–Kier alpha value is -3.15. The van der Waals surface area contributed by atoms with Crippen molar-refractivity contribution in [3.05, 3.63) is 78.9 Å². The second-order valence-electron chi connectivity index (χ2n) is 9.59. The first-order valence-corrected chi connectivity index (χ1v) is 11.1. The lowest BCUT2D eigenvalue weighted by Crippen LogP contribution is -2.41. The van der Waals surface area contributed by atoms with E-state index in [1.54, 1.807) is 0 Å². The van der Waals surface area contributed by atoms with Gasteiger partial charge in [0.2, 0.25) is 0 Å². The molecule has 4 nitrogen and oxygen atoms in total. The van der Waals surface area contributed by atoms with Crippen LogP contribution in [0.1, 0.15) is 27.7 Å². The number of rotatable bonds is 2. The molecule has 3 aromatic carbocycles. The van der Waals surface area contributed by atoms with Crippen LogP contribution in [0, 0.1) is 0 Å². The van der Waals surface area contributed by atoms with Gasteiger partial charge in [0.1, 0.15) is 5.82 Å². The number of fused-ring (bicyclic) bond motifs is 5. The summed E-state index contributed by atoms with van der Waals surface area (Å²) >= 11 is 0. The van der Waals surface area contributed by atoms with Crippen molar-refractivity contribution in [2.45, 2.75) is 38.9 Å². The number of aromatic nitrogens is 2. The molecule has 6 rings (SSSR count). The van der Waals surface area contributed by atoms with Crippen LogP contribution in [0.25, 0.3) is 38.7 Å². The zero-order chi connectivity index (χ0) is 22.1. The zero-order valence-electron chi connectivity index (χ0n) is 18.8. The summed E-state index contributed by atoms with van der Waals surface area (Å²) in [4.78, 5) is 5.10. The average molecular weight is 420 g/mol. The van der Waals surface area contributed by atoms with E-state index in [1.165, 1.54) is 5.39 Å². The molecule has 1 saturated heterocycles. The van der Waals surface area contributed by atoms with Crippen molar-refractivity contribution in [3.63, 3.8) is 0 Å². The molecule has 0 saturated carbocycles. The van der Waals surface area contributed by atoms with Gasteiger partial charge in [0.25, 0.3) is 0 Å². The maximum absolute atomic E-state index is 6.31. The monoisotopic (exact) mass is 420 g/mol. The Morgan fingerprint density at radius 3 is 2.19 bits per heavy atom. The van der Waals surface area contributed by atoms with E-state index < -0.39 is 7.12 Å². The van der Waals surface area contributed by atoms with Gasteiger partial charge in [-0.1, -0.05) is 60.7 Å². The Balaban J connectivity index is 1.62. The number of benzene rings is 3. The van der Waals surface area contributed by atoms with Gasteiger partial charge in [-0.15, -0.1) is 0 Å². The zero-order valence-corrected chi connectivity index (χ0v) is 18.8. The molecule has 2 aromatic heterocycles. The topological polar surface area (TPSA) is 35.8 Å². The fraction of sp³-hybridized carbons (Fsp3) is 0.222. The van der Waals surface area contributed by atoms with Crippen LogP contribution in [0.2, 0.25) is 0 Å². The molecule has 0 bridgehead atoms. The fourth-order valence-corrected chi connectivity index (χ4v) is 4.51. The normalized spacial score (nSPS) is 17.6. The predicted octanol–water partition coefficient (Wildman–Crippen LogP) is 5.61. The van der Waals surface area contributed by atoms with Gasteiger partial charge in [0.05, 0.1) is 27.8 Å². The fourth-order valence-electron chi connectivity index (χ4n) is 4.51. The molecule has 1 aliphatic heterocycles. The van der Waals surface area contributed by atoms with Crippen LogP contribution in [0.4, 0.5) is 0 Å². The third kappa shape index (κ3) is 2.82. The molecule has 3 heterocycles. The van der Waals surface area contributed by atoms with Crippen LogP contribution in [0.5, 0.6) is 0 Å². The minimum Gasteiger partial charge on any atom is -0.399 e. The first-order valence-electron chi connectivity index (χ1n) is 11.1. The Kier molecular flexibility index (Phi) is 4.08. The second-order valence-corrected chi connectivity index (χ2v) is 9.59. The molecule has 0 radical (unpaired) electrons. The van der Waals surface area contributed by atoms with Gasteiger partial charge in [-0.05, 0) is 51.4 Å². The molecule has 5 aromatic rings. The minimum absolute atomic E-state index is 0.374. The van der Waals surface area contributed by atoms with Crippen LogP contribution >= 0.6 is 0 Å². The van der Waals surface area contributed by atoms with Crippen LogP contribution in [-0.4, -0.2) is 27.7 Å². The summed E-state index contributed by atoms with van der Waals surface area (Å²) in [6.07, 6.45) is 0. The van der Waals surface area contributed by atoms with E-state index in [9.17, 15) is 0 Å². The standard InChI is InChI=1S/C27H25BN2O2/c1-26(2)27(3,4)32-28(31-26)20-14-15-22-21(17-20)24-16-19-12-8-9-13-23(19)30(24)25(29-22)18-10-6-5-7-11-18/h5-17H,1-4H3. The highest BCUT2D eigenvalue weighted by Gasteiger charge is 2.51. The van der Waals surface area contributed by atoms with Gasteiger partial charge in [0.15, 0.2) is 0 Å². The summed E-state index contributed by atoms with van der Waals surface area (Å²) in [7, 11) is -0.400. The molecule has 158 valence electrons. The number of hydrogen-bond donors (Lipinski definition) is 0. The predicted molar refractivity (Wildman–Crippen MR) is 131 cm³/mol. The first kappa shape index (κ1) is 19.5. The molecule has 0 unspecified atom stereocenters. The van der Waals surface area contributed by atoms with Crippen molar-refractivity contribution in [2.75, 3.05) is 0 Å². The van der Waals surface area contributed by atoms with Crippen LogP contribution < -0.4 is 5.46 Å². The summed E-state index contributed by atoms with van der Waals surface area (Å²) < 4.78 is 14.9. The summed E-state index contributed by atoms with van der Waals surface area (Å²) in [5.41, 5.74) is 4.60. The molecular weight excluding hydrogens is 395 g/mol. The Bertz CT molecular complexity index is 1470. The number of para-hydroxylation sites is 1. The third-order valence-electron chi connectivity index (χ3n) is 7.00. The summed E-state index contributed by atoms with van der Waals surface area (Å²) in [5, 5.41) is 2.29. The molecule has 0 amide bonds. The van der Waals surface area contributed by atoms with Crippen molar-refractivity contribution in [1.29, 1.82) is 0 Å². The molecule has 0 atom stereocenters. The van der Waals surface area contributed by atoms with Gasteiger partial charge in [-0.2, -0.15) is 0 Å².